The van der Waals surface area contributed by atoms with Gasteiger partial charge in [-0.15, -0.1) is 13.2 Å². The second-order valence-electron chi connectivity index (χ2n) is 8.59. The summed E-state index contributed by atoms with van der Waals surface area (Å²) in [7, 11) is 0. The first kappa shape index (κ1) is 25.7. The van der Waals surface area contributed by atoms with Crippen molar-refractivity contribution in [3.63, 3.8) is 0 Å². The monoisotopic (exact) mass is 532 g/mol. The molecule has 0 aromatic heterocycles. The Morgan fingerprint density at radius 2 is 1.64 bits per heavy atom. The minimum Gasteiger partial charge on any atom is -0.492 e. The first-order chi connectivity index (χ1) is 18.9. The average Bonchev–Trinajstić information content (AvgIpc) is 3.27. The molecule has 5 rings (SSSR count). The fraction of sp³-hybridized carbons (Fsp3) is 0.172. The lowest BCUT2D eigenvalue weighted by molar-refractivity contribution is -0.274. The molecular weight excluding hydrogens is 509 g/mol. The summed E-state index contributed by atoms with van der Waals surface area (Å²) in [6.07, 6.45) is 0.797. The third-order valence-corrected chi connectivity index (χ3v) is 5.88. The van der Waals surface area contributed by atoms with Gasteiger partial charge in [-0.2, -0.15) is 10.4 Å². The predicted molar refractivity (Wildman–Crippen MR) is 138 cm³/mol. The molecule has 7 nitrogen and oxygen atoms in total. The van der Waals surface area contributed by atoms with Crippen LogP contribution < -0.4 is 14.2 Å². The van der Waals surface area contributed by atoms with Gasteiger partial charge in [-0.1, -0.05) is 42.5 Å². The number of halogens is 3. The second kappa shape index (κ2) is 11.2. The molecule has 1 unspecified atom stereocenters. The molecule has 39 heavy (non-hydrogen) atoms. The number of fused-ring (bicyclic) bond motifs is 1. The van der Waals surface area contributed by atoms with Crippen molar-refractivity contribution < 1.29 is 27.4 Å². The summed E-state index contributed by atoms with van der Waals surface area (Å²) in [5.41, 5.74) is 1.95. The Morgan fingerprint density at radius 3 is 2.38 bits per heavy atom. The molecule has 0 radical (unpaired) electrons. The maximum Gasteiger partial charge on any atom is 0.573 e. The number of rotatable bonds is 9. The van der Waals surface area contributed by atoms with Crippen LogP contribution in [-0.4, -0.2) is 41.6 Å². The van der Waals surface area contributed by atoms with Crippen molar-refractivity contribution in [3.05, 3.63) is 108 Å². The maximum absolute atomic E-state index is 12.5. The number of hydrogen-bond donors (Lipinski definition) is 0. The van der Waals surface area contributed by atoms with Crippen LogP contribution in [0.5, 0.6) is 17.2 Å². The van der Waals surface area contributed by atoms with Gasteiger partial charge in [0.2, 0.25) is 0 Å². The largest absolute Gasteiger partial charge is 0.573 e. The number of amidine groups is 1. The van der Waals surface area contributed by atoms with Crippen LogP contribution in [0.25, 0.3) is 5.57 Å². The second-order valence-corrected chi connectivity index (χ2v) is 8.59. The summed E-state index contributed by atoms with van der Waals surface area (Å²) in [6.45, 7) is 0.883. The van der Waals surface area contributed by atoms with Crippen molar-refractivity contribution in [3.8, 4) is 23.3 Å². The van der Waals surface area contributed by atoms with Crippen molar-refractivity contribution in [2.24, 2.45) is 5.10 Å². The lowest BCUT2D eigenvalue weighted by Crippen LogP contribution is -2.44. The van der Waals surface area contributed by atoms with Gasteiger partial charge in [0.25, 0.3) is 6.35 Å². The van der Waals surface area contributed by atoms with Crippen LogP contribution in [0.2, 0.25) is 0 Å². The number of hydrazone groups is 1. The molecule has 198 valence electrons. The molecule has 2 heterocycles. The quantitative estimate of drug-likeness (QED) is 0.309. The molecule has 3 aromatic rings. The number of benzene rings is 3. The molecule has 0 saturated carbocycles. The van der Waals surface area contributed by atoms with Crippen molar-refractivity contribution in [1.29, 1.82) is 5.26 Å². The van der Waals surface area contributed by atoms with E-state index in [1.165, 1.54) is 12.1 Å². The van der Waals surface area contributed by atoms with Crippen LogP contribution in [0.1, 0.15) is 17.5 Å². The number of allylic oxidation sites excluding steroid dienone is 2. The summed E-state index contributed by atoms with van der Waals surface area (Å²) < 4.78 is 53.7. The fourth-order valence-corrected chi connectivity index (χ4v) is 4.11. The van der Waals surface area contributed by atoms with Crippen LogP contribution in [0.3, 0.4) is 0 Å². The molecule has 0 bridgehead atoms. The van der Waals surface area contributed by atoms with Crippen molar-refractivity contribution >= 4 is 11.4 Å². The zero-order valence-corrected chi connectivity index (χ0v) is 20.6. The highest BCUT2D eigenvalue weighted by atomic mass is 19.4. The van der Waals surface area contributed by atoms with Crippen LogP contribution >= 0.6 is 0 Å². The van der Waals surface area contributed by atoms with E-state index in [1.54, 1.807) is 30.3 Å². The van der Waals surface area contributed by atoms with Crippen LogP contribution in [0.15, 0.2) is 102 Å². The normalized spacial score (nSPS) is 16.2. The van der Waals surface area contributed by atoms with Crippen LogP contribution in [-0.2, 0) is 0 Å². The minimum absolute atomic E-state index is 0.286. The van der Waals surface area contributed by atoms with Gasteiger partial charge in [0.15, 0.2) is 5.84 Å². The van der Waals surface area contributed by atoms with E-state index >= 15 is 0 Å². The van der Waals surface area contributed by atoms with Gasteiger partial charge >= 0.3 is 6.36 Å². The molecule has 0 fully saturated rings. The lowest BCUT2D eigenvalue weighted by atomic mass is 10.0. The Hall–Kier alpha value is -4.91. The van der Waals surface area contributed by atoms with Crippen molar-refractivity contribution in [2.45, 2.75) is 19.1 Å². The highest BCUT2D eigenvalue weighted by Gasteiger charge is 2.35. The lowest BCUT2D eigenvalue weighted by Gasteiger charge is -2.30. The number of nitrogens with zero attached hydrogens (tertiary/aromatic N) is 4. The van der Waals surface area contributed by atoms with Crippen molar-refractivity contribution in [1.82, 2.24) is 9.91 Å². The Morgan fingerprint density at radius 1 is 0.897 bits per heavy atom. The van der Waals surface area contributed by atoms with E-state index in [-0.39, 0.29) is 5.75 Å². The van der Waals surface area contributed by atoms with E-state index in [0.29, 0.717) is 48.0 Å². The number of hydrogen-bond acceptors (Lipinski definition) is 7. The van der Waals surface area contributed by atoms with E-state index in [9.17, 15) is 18.4 Å². The highest BCUT2D eigenvalue weighted by Crippen LogP contribution is 2.31. The molecule has 0 saturated heterocycles. The number of para-hydroxylation sites is 2. The number of alkyl halides is 3. The van der Waals surface area contributed by atoms with E-state index in [4.69, 9.17) is 14.6 Å². The van der Waals surface area contributed by atoms with Gasteiger partial charge < -0.3 is 14.2 Å². The molecule has 10 heteroatoms. The van der Waals surface area contributed by atoms with Crippen LogP contribution in [0, 0.1) is 11.3 Å². The Balaban J connectivity index is 1.30. The molecule has 0 N–H and O–H groups in total. The third-order valence-electron chi connectivity index (χ3n) is 5.88. The smallest absolute Gasteiger partial charge is 0.492 e. The van der Waals surface area contributed by atoms with Gasteiger partial charge in [0.1, 0.15) is 23.3 Å². The summed E-state index contributed by atoms with van der Waals surface area (Å²) in [4.78, 5) is 1.87. The molecule has 1 atom stereocenters. The average molecular weight is 533 g/mol. The number of ether oxygens (including phenoxy) is 3. The third kappa shape index (κ3) is 6.33. The van der Waals surface area contributed by atoms with E-state index in [2.05, 4.69) is 10.8 Å². The van der Waals surface area contributed by atoms with E-state index in [1.807, 2.05) is 64.7 Å². The summed E-state index contributed by atoms with van der Waals surface area (Å²) in [5, 5.41) is 15.8. The van der Waals surface area contributed by atoms with E-state index < -0.39 is 12.7 Å². The SMILES string of the molecule is N#Cc1ccccc1OCCCN1N=C2C=CC(c3ccc(OC(F)(F)F)cc3)=CN2C1Oc1ccccc1. The van der Waals surface area contributed by atoms with Gasteiger partial charge in [-0.3, -0.25) is 4.90 Å². The van der Waals surface area contributed by atoms with Crippen LogP contribution in [0.4, 0.5) is 13.2 Å². The van der Waals surface area contributed by atoms with Gasteiger partial charge in [0, 0.05) is 19.2 Å². The zero-order valence-electron chi connectivity index (χ0n) is 20.6. The predicted octanol–water partition coefficient (Wildman–Crippen LogP) is 6.13. The van der Waals surface area contributed by atoms with E-state index in [0.717, 1.165) is 5.57 Å². The first-order valence-corrected chi connectivity index (χ1v) is 12.1. The number of nitriles is 1. The van der Waals surface area contributed by atoms with Gasteiger partial charge in [-0.25, -0.2) is 5.01 Å². The summed E-state index contributed by atoms with van der Waals surface area (Å²) >= 11 is 0. The van der Waals surface area contributed by atoms with Gasteiger partial charge in [0.05, 0.1) is 12.2 Å². The first-order valence-electron chi connectivity index (χ1n) is 12.1. The standard InChI is InChI=1S/C29H23F3N4O3/c30-29(31,32)39-25-14-11-21(12-15-25)23-13-16-27-34-36(17-6-18-37-26-10-5-4-7-22(26)19-33)28(35(27)20-23)38-24-8-2-1-3-9-24/h1-5,7-16,20,28H,6,17-18H2. The molecule has 0 aliphatic carbocycles. The molecular formula is C29H23F3N4O3. The fourth-order valence-electron chi connectivity index (χ4n) is 4.11. The Kier molecular flexibility index (Phi) is 7.41. The Labute approximate surface area is 223 Å². The molecule has 0 amide bonds. The topological polar surface area (TPSA) is 70.3 Å². The molecule has 3 aromatic carbocycles. The Bertz CT molecular complexity index is 1430. The maximum atomic E-state index is 12.5. The molecule has 2 aliphatic rings. The summed E-state index contributed by atoms with van der Waals surface area (Å²) in [5.74, 6) is 1.56. The van der Waals surface area contributed by atoms with Crippen molar-refractivity contribution in [2.75, 3.05) is 13.2 Å². The van der Waals surface area contributed by atoms with Gasteiger partial charge in [-0.05, 0) is 59.7 Å². The highest BCUT2D eigenvalue weighted by molar-refractivity contribution is 6.00. The zero-order chi connectivity index (χ0) is 27.2. The molecule has 0 spiro atoms. The summed E-state index contributed by atoms with van der Waals surface area (Å²) in [6, 6.07) is 24.2. The minimum atomic E-state index is -4.75. The molecule has 2 aliphatic heterocycles.